The first-order chi connectivity index (χ1) is 16.4. The molecule has 1 atom stereocenters. The summed E-state index contributed by atoms with van der Waals surface area (Å²) in [5, 5.41) is 16.9. The lowest BCUT2D eigenvalue weighted by atomic mass is 9.68. The van der Waals surface area contributed by atoms with E-state index < -0.39 is 5.92 Å². The molecule has 0 fully saturated rings. The quantitative estimate of drug-likeness (QED) is 0.596. The van der Waals surface area contributed by atoms with Gasteiger partial charge in [-0.05, 0) is 41.7 Å². The fourth-order valence-electron chi connectivity index (χ4n) is 4.77. The third-order valence-electron chi connectivity index (χ3n) is 6.17. The monoisotopic (exact) mass is 452 g/mol. The van der Waals surface area contributed by atoms with Gasteiger partial charge < -0.3 is 10.5 Å². The van der Waals surface area contributed by atoms with Gasteiger partial charge in [-0.25, -0.2) is 5.10 Å². The van der Waals surface area contributed by atoms with Crippen molar-refractivity contribution < 1.29 is 9.53 Å². The number of allylic oxidation sites excluding steroid dienone is 3. The second-order valence-electron chi connectivity index (χ2n) is 9.28. The topological polar surface area (TPSA) is 121 Å². The number of carbonyl (C=O) groups is 1. The molecule has 5 rings (SSSR count). The van der Waals surface area contributed by atoms with E-state index >= 15 is 0 Å². The van der Waals surface area contributed by atoms with E-state index in [0.29, 0.717) is 41.4 Å². The summed E-state index contributed by atoms with van der Waals surface area (Å²) in [6.45, 7) is 4.10. The molecule has 0 saturated heterocycles. The lowest BCUT2D eigenvalue weighted by Crippen LogP contribution is -2.42. The van der Waals surface area contributed by atoms with Crippen LogP contribution in [-0.4, -0.2) is 21.0 Å². The molecule has 8 heteroatoms. The van der Waals surface area contributed by atoms with Gasteiger partial charge in [0.15, 0.2) is 5.78 Å². The van der Waals surface area contributed by atoms with Crippen LogP contribution in [0, 0.1) is 16.7 Å². The number of hydrogen-bond donors (Lipinski definition) is 2. The van der Waals surface area contributed by atoms with Crippen LogP contribution in [0.4, 0.5) is 5.95 Å². The van der Waals surface area contributed by atoms with Gasteiger partial charge in [-0.15, -0.1) is 0 Å². The zero-order valence-corrected chi connectivity index (χ0v) is 18.9. The number of nitrogens with one attached hydrogen (secondary N) is 1. The lowest BCUT2D eigenvalue weighted by Gasteiger charge is -2.42. The molecule has 8 nitrogen and oxygen atoms in total. The van der Waals surface area contributed by atoms with Crippen LogP contribution in [0.25, 0.3) is 0 Å². The Morgan fingerprint density at radius 3 is 2.62 bits per heavy atom. The number of para-hydroxylation sites is 1. The number of nitriles is 1. The molecular formula is C26H24N6O2. The van der Waals surface area contributed by atoms with Crippen LogP contribution in [0.1, 0.15) is 38.2 Å². The van der Waals surface area contributed by atoms with Gasteiger partial charge in [0.1, 0.15) is 23.6 Å². The van der Waals surface area contributed by atoms with E-state index in [1.54, 1.807) is 4.90 Å². The van der Waals surface area contributed by atoms with Crippen molar-refractivity contribution in [2.75, 3.05) is 4.90 Å². The van der Waals surface area contributed by atoms with Crippen molar-refractivity contribution in [2.45, 2.75) is 32.6 Å². The number of nitrogens with zero attached hydrogens (tertiary/aromatic N) is 4. The van der Waals surface area contributed by atoms with E-state index in [9.17, 15) is 10.1 Å². The molecule has 0 radical (unpaired) electrons. The highest BCUT2D eigenvalue weighted by molar-refractivity contribution is 6.01. The second-order valence-corrected chi connectivity index (χ2v) is 9.28. The first-order valence-electron chi connectivity index (χ1n) is 11.0. The summed E-state index contributed by atoms with van der Waals surface area (Å²) in [7, 11) is 0. The summed E-state index contributed by atoms with van der Waals surface area (Å²) < 4.78 is 6.02. The average Bonchev–Trinajstić information content (AvgIpc) is 3.33. The Kier molecular flexibility index (Phi) is 5.17. The normalized spacial score (nSPS) is 19.6. The minimum absolute atomic E-state index is 0.00426. The highest BCUT2D eigenvalue weighted by Gasteiger charge is 2.45. The van der Waals surface area contributed by atoms with Crippen molar-refractivity contribution >= 4 is 11.7 Å². The summed E-state index contributed by atoms with van der Waals surface area (Å²) >= 11 is 0. The van der Waals surface area contributed by atoms with E-state index in [1.807, 2.05) is 54.6 Å². The molecule has 0 saturated carbocycles. The highest BCUT2D eigenvalue weighted by Crippen LogP contribution is 2.50. The van der Waals surface area contributed by atoms with Gasteiger partial charge in [0.2, 0.25) is 5.95 Å². The molecule has 0 spiro atoms. The molecule has 1 aliphatic heterocycles. The van der Waals surface area contributed by atoms with E-state index in [-0.39, 0.29) is 17.0 Å². The third kappa shape index (κ3) is 3.71. The zero-order valence-electron chi connectivity index (χ0n) is 18.9. The molecule has 2 aliphatic rings. The van der Waals surface area contributed by atoms with Gasteiger partial charge in [-0.2, -0.15) is 15.3 Å². The molecule has 2 aromatic carbocycles. The SMILES string of the molecule is CC1(C)CC(=O)C2=C(C1)N(c1ncn[nH]1)C(N)=C(C#N)C2c1cccc(Oc2ccccc2)c1. The smallest absolute Gasteiger partial charge is 0.231 e. The average molecular weight is 453 g/mol. The maximum atomic E-state index is 13.6. The van der Waals surface area contributed by atoms with Crippen LogP contribution in [0.5, 0.6) is 11.5 Å². The Morgan fingerprint density at radius 2 is 1.91 bits per heavy atom. The van der Waals surface area contributed by atoms with E-state index in [1.165, 1.54) is 6.33 Å². The van der Waals surface area contributed by atoms with Crippen LogP contribution in [0.3, 0.4) is 0 Å². The van der Waals surface area contributed by atoms with Crippen LogP contribution in [0.15, 0.2) is 83.6 Å². The van der Waals surface area contributed by atoms with Crippen molar-refractivity contribution in [3.05, 3.63) is 89.2 Å². The minimum atomic E-state index is -0.595. The zero-order chi connectivity index (χ0) is 23.9. The largest absolute Gasteiger partial charge is 0.457 e. The molecular weight excluding hydrogens is 428 g/mol. The van der Waals surface area contributed by atoms with Crippen molar-refractivity contribution in [3.8, 4) is 17.6 Å². The Bertz CT molecular complexity index is 1350. The number of carbonyl (C=O) groups excluding carboxylic acids is 1. The van der Waals surface area contributed by atoms with Gasteiger partial charge >= 0.3 is 0 Å². The van der Waals surface area contributed by atoms with Crippen LogP contribution < -0.4 is 15.4 Å². The number of rotatable bonds is 4. The van der Waals surface area contributed by atoms with E-state index in [0.717, 1.165) is 11.3 Å². The number of aromatic amines is 1. The molecule has 1 aliphatic carbocycles. The van der Waals surface area contributed by atoms with Crippen LogP contribution in [0.2, 0.25) is 0 Å². The van der Waals surface area contributed by atoms with Crippen molar-refractivity contribution in [1.82, 2.24) is 15.2 Å². The van der Waals surface area contributed by atoms with Crippen molar-refractivity contribution in [1.29, 1.82) is 5.26 Å². The number of anilines is 1. The minimum Gasteiger partial charge on any atom is -0.457 e. The molecule has 170 valence electrons. The predicted octanol–water partition coefficient (Wildman–Crippen LogP) is 4.54. The molecule has 0 bridgehead atoms. The van der Waals surface area contributed by atoms with E-state index in [2.05, 4.69) is 35.1 Å². The molecule has 2 heterocycles. The number of H-pyrrole nitrogens is 1. The second kappa shape index (κ2) is 8.19. The van der Waals surface area contributed by atoms with Gasteiger partial charge in [0.05, 0.1) is 17.6 Å². The van der Waals surface area contributed by atoms with Gasteiger partial charge in [0.25, 0.3) is 0 Å². The van der Waals surface area contributed by atoms with E-state index in [4.69, 9.17) is 10.5 Å². The maximum Gasteiger partial charge on any atom is 0.231 e. The lowest BCUT2D eigenvalue weighted by molar-refractivity contribution is -0.118. The number of ketones is 1. The standard InChI is InChI=1S/C26H24N6O2/c1-26(2)12-20-23(21(33)13-26)22(19(14-27)24(28)32(20)25-29-15-30-31-25)16-7-6-10-18(11-16)34-17-8-4-3-5-9-17/h3-11,15,22H,12-13,28H2,1-2H3,(H,29,30,31). The summed E-state index contributed by atoms with van der Waals surface area (Å²) in [5.74, 6) is 1.33. The fourth-order valence-corrected chi connectivity index (χ4v) is 4.77. The summed E-state index contributed by atoms with van der Waals surface area (Å²) in [6, 6.07) is 19.2. The van der Waals surface area contributed by atoms with Crippen molar-refractivity contribution in [2.24, 2.45) is 11.1 Å². The Morgan fingerprint density at radius 1 is 1.15 bits per heavy atom. The van der Waals surface area contributed by atoms with Crippen LogP contribution >= 0.6 is 0 Å². The number of Topliss-reactive ketones (excluding diaryl/α,β-unsaturated/α-hetero) is 1. The number of nitrogens with two attached hydrogens (primary N) is 1. The highest BCUT2D eigenvalue weighted by atomic mass is 16.5. The number of aromatic nitrogens is 3. The Balaban J connectivity index is 1.66. The number of ether oxygens (including phenoxy) is 1. The molecule has 0 amide bonds. The van der Waals surface area contributed by atoms with Gasteiger partial charge in [0, 0.05) is 17.7 Å². The van der Waals surface area contributed by atoms with Gasteiger partial charge in [-0.1, -0.05) is 44.2 Å². The Hall–Kier alpha value is -4.38. The summed E-state index contributed by atoms with van der Waals surface area (Å²) in [6.07, 6.45) is 2.36. The maximum absolute atomic E-state index is 13.6. The van der Waals surface area contributed by atoms with Crippen molar-refractivity contribution in [3.63, 3.8) is 0 Å². The molecule has 3 aromatic rings. The molecule has 1 aromatic heterocycles. The first-order valence-corrected chi connectivity index (χ1v) is 11.0. The molecule has 3 N–H and O–H groups in total. The summed E-state index contributed by atoms with van der Waals surface area (Å²) in [5.41, 5.74) is 8.68. The van der Waals surface area contributed by atoms with Gasteiger partial charge in [-0.3, -0.25) is 9.69 Å². The molecule has 34 heavy (non-hydrogen) atoms. The first kappa shape index (κ1) is 21.5. The predicted molar refractivity (Wildman–Crippen MR) is 126 cm³/mol. The number of benzene rings is 2. The molecule has 1 unspecified atom stereocenters. The summed E-state index contributed by atoms with van der Waals surface area (Å²) in [4.78, 5) is 19.5. The Labute approximate surface area is 197 Å². The fraction of sp³-hybridized carbons (Fsp3) is 0.231. The number of hydrogen-bond acceptors (Lipinski definition) is 7. The third-order valence-corrected chi connectivity index (χ3v) is 6.17. The van der Waals surface area contributed by atoms with Crippen LogP contribution in [-0.2, 0) is 4.79 Å².